The number of nitrogens with zero attached hydrogens (tertiary/aromatic N) is 1. The zero-order valence-corrected chi connectivity index (χ0v) is 14.0. The Bertz CT molecular complexity index is 765. The fourth-order valence-corrected chi connectivity index (χ4v) is 2.12. The van der Waals surface area contributed by atoms with E-state index in [9.17, 15) is 4.79 Å². The highest BCUT2D eigenvalue weighted by Gasteiger charge is 2.15. The number of rotatable bonds is 5. The molecule has 0 spiro atoms. The van der Waals surface area contributed by atoms with Gasteiger partial charge in [-0.2, -0.15) is 5.10 Å². The van der Waals surface area contributed by atoms with Crippen LogP contribution < -0.4 is 16.5 Å². The fourth-order valence-electron chi connectivity index (χ4n) is 1.64. The molecule has 0 heterocycles. The summed E-state index contributed by atoms with van der Waals surface area (Å²) in [5, 5.41) is 7.23. The van der Waals surface area contributed by atoms with Gasteiger partial charge in [0.2, 0.25) is 0 Å². The lowest BCUT2D eigenvalue weighted by molar-refractivity contribution is -0.110. The van der Waals surface area contributed by atoms with E-state index in [-0.39, 0.29) is 15.7 Å². The van der Waals surface area contributed by atoms with Gasteiger partial charge in [-0.15, -0.1) is 0 Å². The van der Waals surface area contributed by atoms with Crippen molar-refractivity contribution in [2.24, 2.45) is 10.8 Å². The Balaban J connectivity index is 2.19. The predicted molar refractivity (Wildman–Crippen MR) is 99.4 cm³/mol. The van der Waals surface area contributed by atoms with Gasteiger partial charge in [0.05, 0.1) is 15.7 Å². The van der Waals surface area contributed by atoms with Crippen LogP contribution in [0.2, 0.25) is 10.0 Å². The third kappa shape index (κ3) is 4.66. The molecule has 2 aromatic rings. The Morgan fingerprint density at radius 3 is 2.43 bits per heavy atom. The first-order valence-electron chi connectivity index (χ1n) is 6.43. The number of carbonyl (C=O) groups is 1. The molecule has 5 nitrogen and oxygen atoms in total. The average Bonchev–Trinajstić information content (AvgIpc) is 2.52. The van der Waals surface area contributed by atoms with Gasteiger partial charge in [-0.05, 0) is 24.3 Å². The average molecular weight is 367 g/mol. The molecule has 0 aliphatic carbocycles. The Labute approximate surface area is 148 Å². The van der Waals surface area contributed by atoms with Crippen molar-refractivity contribution in [1.29, 1.82) is 0 Å². The molecule has 0 unspecified atom stereocenters. The van der Waals surface area contributed by atoms with E-state index in [2.05, 4.69) is 15.8 Å². The van der Waals surface area contributed by atoms with E-state index in [1.165, 1.54) is 0 Å². The molecule has 0 atom stereocenters. The second-order valence-corrected chi connectivity index (χ2v) is 5.58. The SMILES string of the molecule is NC(=S)/C(=N\Nc1cccc(Cl)c1Cl)C(=O)Nc1ccccc1. The van der Waals surface area contributed by atoms with E-state index in [0.29, 0.717) is 16.4 Å². The minimum atomic E-state index is -0.533. The van der Waals surface area contributed by atoms with E-state index in [4.69, 9.17) is 41.2 Å². The van der Waals surface area contributed by atoms with Gasteiger partial charge in [-0.25, -0.2) is 0 Å². The van der Waals surface area contributed by atoms with Gasteiger partial charge in [0.25, 0.3) is 5.91 Å². The van der Waals surface area contributed by atoms with E-state index >= 15 is 0 Å². The lowest BCUT2D eigenvalue weighted by Gasteiger charge is -2.09. The molecule has 0 saturated heterocycles. The van der Waals surface area contributed by atoms with Crippen molar-refractivity contribution < 1.29 is 4.79 Å². The summed E-state index contributed by atoms with van der Waals surface area (Å²) in [6.07, 6.45) is 0. The molecule has 0 aliphatic heterocycles. The number of nitrogens with one attached hydrogen (secondary N) is 2. The van der Waals surface area contributed by atoms with E-state index in [1.54, 1.807) is 42.5 Å². The van der Waals surface area contributed by atoms with E-state index in [0.717, 1.165) is 0 Å². The van der Waals surface area contributed by atoms with Gasteiger partial charge >= 0.3 is 0 Å². The van der Waals surface area contributed by atoms with Crippen LogP contribution in [0.5, 0.6) is 0 Å². The molecule has 0 aromatic heterocycles. The topological polar surface area (TPSA) is 79.5 Å². The van der Waals surface area contributed by atoms with Crippen LogP contribution in [-0.4, -0.2) is 16.6 Å². The van der Waals surface area contributed by atoms with Crippen molar-refractivity contribution in [1.82, 2.24) is 0 Å². The quantitative estimate of drug-likeness (QED) is 0.428. The van der Waals surface area contributed by atoms with Gasteiger partial charge in [-0.1, -0.05) is 59.7 Å². The standard InChI is InChI=1S/C15H12Cl2N4OS/c16-10-7-4-8-11(12(10)17)20-21-13(14(18)23)15(22)19-9-5-2-1-3-6-9/h1-8,20H,(H2,18,23)(H,19,22)/b21-13+. The highest BCUT2D eigenvalue weighted by Crippen LogP contribution is 2.29. The molecule has 8 heteroatoms. The highest BCUT2D eigenvalue weighted by atomic mass is 35.5. The predicted octanol–water partition coefficient (Wildman–Crippen LogP) is 3.69. The summed E-state index contributed by atoms with van der Waals surface area (Å²) in [5.74, 6) is -0.533. The second-order valence-electron chi connectivity index (χ2n) is 4.36. The lowest BCUT2D eigenvalue weighted by Crippen LogP contribution is -2.34. The number of nitrogens with two attached hydrogens (primary N) is 1. The Hall–Kier alpha value is -2.15. The summed E-state index contributed by atoms with van der Waals surface area (Å²) < 4.78 is 0. The first-order valence-corrected chi connectivity index (χ1v) is 7.59. The number of amides is 1. The van der Waals surface area contributed by atoms with Crippen LogP contribution >= 0.6 is 35.4 Å². The maximum Gasteiger partial charge on any atom is 0.279 e. The zero-order valence-electron chi connectivity index (χ0n) is 11.7. The normalized spacial score (nSPS) is 11.0. The molecule has 118 valence electrons. The Morgan fingerprint density at radius 1 is 1.09 bits per heavy atom. The molecule has 0 fully saturated rings. The van der Waals surface area contributed by atoms with Gasteiger partial charge in [-0.3, -0.25) is 10.2 Å². The molecule has 2 aromatic carbocycles. The fraction of sp³-hybridized carbons (Fsp3) is 0. The summed E-state index contributed by atoms with van der Waals surface area (Å²) in [6, 6.07) is 13.9. The van der Waals surface area contributed by atoms with Crippen LogP contribution in [0.25, 0.3) is 0 Å². The maximum atomic E-state index is 12.2. The van der Waals surface area contributed by atoms with Crippen LogP contribution in [0.4, 0.5) is 11.4 Å². The van der Waals surface area contributed by atoms with Crippen molar-refractivity contribution in [2.75, 3.05) is 10.7 Å². The summed E-state index contributed by atoms with van der Waals surface area (Å²) >= 11 is 16.8. The number of hydrazone groups is 1. The molecular formula is C15H12Cl2N4OS. The van der Waals surface area contributed by atoms with Crippen molar-refractivity contribution >= 4 is 63.4 Å². The molecule has 0 saturated carbocycles. The number of hydrogen-bond acceptors (Lipinski definition) is 4. The number of halogens is 2. The monoisotopic (exact) mass is 366 g/mol. The summed E-state index contributed by atoms with van der Waals surface area (Å²) in [5.41, 5.74) is 9.11. The maximum absolute atomic E-state index is 12.2. The lowest BCUT2D eigenvalue weighted by atomic mass is 10.3. The second kappa shape index (κ2) is 7.92. The summed E-state index contributed by atoms with van der Waals surface area (Å²) in [4.78, 5) is 12.1. The van der Waals surface area contributed by atoms with Crippen molar-refractivity contribution in [2.45, 2.75) is 0 Å². The minimum absolute atomic E-state index is 0.125. The number of hydrogen-bond donors (Lipinski definition) is 3. The minimum Gasteiger partial charge on any atom is -0.388 e. The van der Waals surface area contributed by atoms with Crippen molar-refractivity contribution in [3.05, 3.63) is 58.6 Å². The Morgan fingerprint density at radius 2 is 1.78 bits per heavy atom. The zero-order chi connectivity index (χ0) is 16.8. The van der Waals surface area contributed by atoms with Gasteiger partial charge in [0.1, 0.15) is 4.99 Å². The summed E-state index contributed by atoms with van der Waals surface area (Å²) in [7, 11) is 0. The molecule has 0 aliphatic rings. The van der Waals surface area contributed by atoms with Gasteiger partial charge < -0.3 is 11.1 Å². The number of para-hydroxylation sites is 1. The first kappa shape index (κ1) is 17.2. The highest BCUT2D eigenvalue weighted by molar-refractivity contribution is 7.82. The van der Waals surface area contributed by atoms with E-state index in [1.807, 2.05) is 6.07 Å². The molecule has 4 N–H and O–H groups in total. The first-order chi connectivity index (χ1) is 11.0. The van der Waals surface area contributed by atoms with Crippen molar-refractivity contribution in [3.63, 3.8) is 0 Å². The number of anilines is 2. The van der Waals surface area contributed by atoms with Crippen LogP contribution in [0, 0.1) is 0 Å². The van der Waals surface area contributed by atoms with E-state index < -0.39 is 5.91 Å². The van der Waals surface area contributed by atoms with Crippen LogP contribution in [-0.2, 0) is 4.79 Å². The van der Waals surface area contributed by atoms with Crippen LogP contribution in [0.1, 0.15) is 0 Å². The smallest absolute Gasteiger partial charge is 0.279 e. The van der Waals surface area contributed by atoms with Gasteiger partial charge in [0.15, 0.2) is 5.71 Å². The number of thiocarbonyl (C=S) groups is 1. The van der Waals surface area contributed by atoms with Crippen LogP contribution in [0.15, 0.2) is 53.6 Å². The van der Waals surface area contributed by atoms with Crippen LogP contribution in [0.3, 0.4) is 0 Å². The van der Waals surface area contributed by atoms with Gasteiger partial charge in [0, 0.05) is 5.69 Å². The molecule has 0 radical (unpaired) electrons. The largest absolute Gasteiger partial charge is 0.388 e. The van der Waals surface area contributed by atoms with Crippen molar-refractivity contribution in [3.8, 4) is 0 Å². The number of carbonyl (C=O) groups excluding carboxylic acids is 1. The number of benzene rings is 2. The third-order valence-corrected chi connectivity index (χ3v) is 3.73. The molecule has 23 heavy (non-hydrogen) atoms. The molecule has 0 bridgehead atoms. The molecule has 1 amide bonds. The Kier molecular flexibility index (Phi) is 5.92. The third-order valence-electron chi connectivity index (χ3n) is 2.72. The molecule has 2 rings (SSSR count). The summed E-state index contributed by atoms with van der Waals surface area (Å²) in [6.45, 7) is 0. The molecular weight excluding hydrogens is 355 g/mol.